The molecule has 27 heavy (non-hydrogen) atoms. The van der Waals surface area contributed by atoms with Gasteiger partial charge in [0.25, 0.3) is 5.91 Å². The molecule has 0 fully saturated rings. The molecule has 1 heterocycles. The van der Waals surface area contributed by atoms with Crippen molar-refractivity contribution in [3.63, 3.8) is 0 Å². The summed E-state index contributed by atoms with van der Waals surface area (Å²) in [6.45, 7) is -0.124. The molecule has 3 rings (SSSR count). The summed E-state index contributed by atoms with van der Waals surface area (Å²) in [5.41, 5.74) is 0.379. The maximum absolute atomic E-state index is 13.0. The van der Waals surface area contributed by atoms with Crippen molar-refractivity contribution >= 4 is 15.7 Å². The second kappa shape index (κ2) is 8.09. The van der Waals surface area contributed by atoms with Gasteiger partial charge in [-0.1, -0.05) is 24.3 Å². The van der Waals surface area contributed by atoms with E-state index in [0.29, 0.717) is 11.3 Å². The minimum absolute atomic E-state index is 0.124. The van der Waals surface area contributed by atoms with E-state index in [4.69, 9.17) is 9.15 Å². The highest BCUT2D eigenvalue weighted by atomic mass is 32.2. The topological polar surface area (TPSA) is 85.6 Å². The quantitative estimate of drug-likeness (QED) is 0.675. The predicted octanol–water partition coefficient (Wildman–Crippen LogP) is 3.23. The van der Waals surface area contributed by atoms with E-state index in [2.05, 4.69) is 5.32 Å². The monoisotopic (exact) mass is 385 g/mol. The number of benzene rings is 2. The van der Waals surface area contributed by atoms with Gasteiger partial charge in [0.15, 0.2) is 9.84 Å². The molecule has 3 aromatic rings. The Kier molecular flexibility index (Phi) is 5.61. The Morgan fingerprint density at radius 1 is 1.07 bits per heavy atom. The summed E-state index contributed by atoms with van der Waals surface area (Å²) in [5, 5.41) is 1.64. The van der Waals surface area contributed by atoms with Crippen LogP contribution in [0, 0.1) is 0 Å². The molecule has 7 heteroatoms. The molecule has 0 saturated carbocycles. The molecule has 1 aromatic heterocycles. The fourth-order valence-electron chi connectivity index (χ4n) is 2.66. The van der Waals surface area contributed by atoms with Crippen LogP contribution in [0.5, 0.6) is 5.75 Å². The fourth-order valence-corrected chi connectivity index (χ4v) is 4.27. The molecular formula is C20H19NO5S. The van der Waals surface area contributed by atoms with Gasteiger partial charge in [0.2, 0.25) is 0 Å². The SMILES string of the molecule is COc1cccc(C(=O)NCC(c2ccco2)S(=O)(=O)c2ccccc2)c1. The highest BCUT2D eigenvalue weighted by molar-refractivity contribution is 7.91. The summed E-state index contributed by atoms with van der Waals surface area (Å²) < 4.78 is 36.5. The number of hydrogen-bond donors (Lipinski definition) is 1. The van der Waals surface area contributed by atoms with Gasteiger partial charge in [0.05, 0.1) is 18.3 Å². The van der Waals surface area contributed by atoms with Gasteiger partial charge in [-0.3, -0.25) is 4.79 Å². The van der Waals surface area contributed by atoms with Crippen molar-refractivity contribution in [2.75, 3.05) is 13.7 Å². The Bertz CT molecular complexity index is 998. The molecule has 140 valence electrons. The van der Waals surface area contributed by atoms with Gasteiger partial charge in [-0.05, 0) is 42.5 Å². The summed E-state index contributed by atoms with van der Waals surface area (Å²) in [6.07, 6.45) is 1.41. The van der Waals surface area contributed by atoms with Crippen LogP contribution < -0.4 is 10.1 Å². The predicted molar refractivity (Wildman–Crippen MR) is 100 cm³/mol. The number of rotatable bonds is 7. The van der Waals surface area contributed by atoms with Crippen molar-refractivity contribution in [3.05, 3.63) is 84.3 Å². The lowest BCUT2D eigenvalue weighted by Crippen LogP contribution is -2.31. The number of nitrogens with one attached hydrogen (secondary N) is 1. The number of hydrogen-bond acceptors (Lipinski definition) is 5. The highest BCUT2D eigenvalue weighted by Crippen LogP contribution is 2.28. The van der Waals surface area contributed by atoms with Gasteiger partial charge >= 0.3 is 0 Å². The fraction of sp³-hybridized carbons (Fsp3) is 0.150. The summed E-state index contributed by atoms with van der Waals surface area (Å²) in [6, 6.07) is 17.9. The minimum atomic E-state index is -3.75. The molecule has 0 spiro atoms. The van der Waals surface area contributed by atoms with Crippen LogP contribution >= 0.6 is 0 Å². The van der Waals surface area contributed by atoms with Gasteiger partial charge in [-0.2, -0.15) is 0 Å². The molecule has 0 aliphatic carbocycles. The average molecular weight is 385 g/mol. The minimum Gasteiger partial charge on any atom is -0.497 e. The lowest BCUT2D eigenvalue weighted by atomic mass is 10.2. The number of amides is 1. The molecule has 0 bridgehead atoms. The van der Waals surface area contributed by atoms with Crippen LogP contribution in [0.4, 0.5) is 0 Å². The van der Waals surface area contributed by atoms with E-state index in [9.17, 15) is 13.2 Å². The van der Waals surface area contributed by atoms with Gasteiger partial charge < -0.3 is 14.5 Å². The van der Waals surface area contributed by atoms with Gasteiger partial charge in [-0.25, -0.2) is 8.42 Å². The van der Waals surface area contributed by atoms with E-state index in [1.807, 2.05) is 0 Å². The first-order valence-corrected chi connectivity index (χ1v) is 9.81. The molecular weight excluding hydrogens is 366 g/mol. The molecule has 0 radical (unpaired) electrons. The number of carbonyl (C=O) groups is 1. The third kappa shape index (κ3) is 4.20. The van der Waals surface area contributed by atoms with Crippen LogP contribution in [-0.2, 0) is 9.84 Å². The number of furan rings is 1. The Hall–Kier alpha value is -3.06. The van der Waals surface area contributed by atoms with Crippen LogP contribution in [0.1, 0.15) is 21.4 Å². The molecule has 6 nitrogen and oxygen atoms in total. The van der Waals surface area contributed by atoms with Crippen molar-refractivity contribution in [1.82, 2.24) is 5.32 Å². The lowest BCUT2D eigenvalue weighted by molar-refractivity contribution is 0.0953. The third-order valence-corrected chi connectivity index (χ3v) is 6.16. The first-order chi connectivity index (χ1) is 13.0. The zero-order valence-corrected chi connectivity index (χ0v) is 15.5. The Morgan fingerprint density at radius 3 is 2.52 bits per heavy atom. The molecule has 1 N–H and O–H groups in total. The Labute approximate surface area is 157 Å². The van der Waals surface area contributed by atoms with Gasteiger partial charge in [0, 0.05) is 12.1 Å². The highest BCUT2D eigenvalue weighted by Gasteiger charge is 2.31. The van der Waals surface area contributed by atoms with E-state index in [0.717, 1.165) is 0 Å². The molecule has 0 aliphatic rings. The van der Waals surface area contributed by atoms with Crippen molar-refractivity contribution in [2.45, 2.75) is 10.1 Å². The zero-order valence-electron chi connectivity index (χ0n) is 14.7. The smallest absolute Gasteiger partial charge is 0.251 e. The average Bonchev–Trinajstić information content (AvgIpc) is 3.23. The Morgan fingerprint density at radius 2 is 1.85 bits per heavy atom. The summed E-state index contributed by atoms with van der Waals surface area (Å²) in [7, 11) is -2.24. The van der Waals surface area contributed by atoms with E-state index in [-0.39, 0.29) is 17.2 Å². The molecule has 1 unspecified atom stereocenters. The van der Waals surface area contributed by atoms with Gasteiger partial charge in [0.1, 0.15) is 16.8 Å². The van der Waals surface area contributed by atoms with Crippen LogP contribution in [0.25, 0.3) is 0 Å². The first-order valence-electron chi connectivity index (χ1n) is 8.27. The number of carbonyl (C=O) groups excluding carboxylic acids is 1. The maximum atomic E-state index is 13.0. The van der Waals surface area contributed by atoms with Crippen LogP contribution in [0.3, 0.4) is 0 Å². The van der Waals surface area contributed by atoms with Crippen molar-refractivity contribution < 1.29 is 22.4 Å². The van der Waals surface area contributed by atoms with Crippen molar-refractivity contribution in [2.24, 2.45) is 0 Å². The second-order valence-corrected chi connectivity index (χ2v) is 7.93. The molecule has 1 amide bonds. The largest absolute Gasteiger partial charge is 0.497 e. The Balaban J connectivity index is 1.84. The zero-order chi connectivity index (χ0) is 19.3. The molecule has 1 atom stereocenters. The van der Waals surface area contributed by atoms with Crippen LogP contribution in [0.2, 0.25) is 0 Å². The number of methoxy groups -OCH3 is 1. The number of ether oxygens (including phenoxy) is 1. The first kappa shape index (κ1) is 18.7. The maximum Gasteiger partial charge on any atom is 0.251 e. The van der Waals surface area contributed by atoms with Crippen LogP contribution in [0.15, 0.2) is 82.3 Å². The van der Waals surface area contributed by atoms with Gasteiger partial charge in [-0.15, -0.1) is 0 Å². The second-order valence-electron chi connectivity index (χ2n) is 5.80. The number of sulfone groups is 1. The summed E-state index contributed by atoms with van der Waals surface area (Å²) in [4.78, 5) is 12.6. The van der Waals surface area contributed by atoms with E-state index in [1.165, 1.54) is 25.5 Å². The standard InChI is InChI=1S/C20H19NO5S/c1-25-16-8-5-7-15(13-16)20(22)21-14-19(18-11-6-12-26-18)27(23,24)17-9-3-2-4-10-17/h2-13,19H,14H2,1H3,(H,21,22). The normalized spacial score (nSPS) is 12.3. The van der Waals surface area contributed by atoms with E-state index in [1.54, 1.807) is 54.6 Å². The van der Waals surface area contributed by atoms with Crippen LogP contribution in [-0.4, -0.2) is 28.0 Å². The third-order valence-electron chi connectivity index (χ3n) is 4.09. The molecule has 0 aliphatic heterocycles. The summed E-state index contributed by atoms with van der Waals surface area (Å²) in [5.74, 6) is 0.417. The van der Waals surface area contributed by atoms with Crippen molar-refractivity contribution in [1.29, 1.82) is 0 Å². The van der Waals surface area contributed by atoms with E-state index >= 15 is 0 Å². The van der Waals surface area contributed by atoms with Crippen molar-refractivity contribution in [3.8, 4) is 5.75 Å². The molecule has 2 aromatic carbocycles. The summed E-state index contributed by atoms with van der Waals surface area (Å²) >= 11 is 0. The molecule has 0 saturated heterocycles. The van der Waals surface area contributed by atoms with E-state index < -0.39 is 21.0 Å². The lowest BCUT2D eigenvalue weighted by Gasteiger charge is -2.17.